The molecule has 8 heteroatoms. The molecule has 0 heterocycles. The zero-order chi connectivity index (χ0) is 13.0. The van der Waals surface area contributed by atoms with Gasteiger partial charge in [-0.2, -0.15) is 0 Å². The molecule has 6 nitrogen and oxygen atoms in total. The lowest BCUT2D eigenvalue weighted by Crippen LogP contribution is -2.13. The Labute approximate surface area is 106 Å². The maximum absolute atomic E-state index is 10.8. The third-order valence-corrected chi connectivity index (χ3v) is 2.49. The van der Waals surface area contributed by atoms with Crippen LogP contribution in [0.4, 0.5) is 5.69 Å². The van der Waals surface area contributed by atoms with Crippen molar-refractivity contribution in [3.05, 3.63) is 32.3 Å². The fourth-order valence-electron chi connectivity index (χ4n) is 0.972. The van der Waals surface area contributed by atoms with E-state index in [0.29, 0.717) is 0 Å². The second kappa shape index (κ2) is 5.70. The predicted octanol–water partition coefficient (Wildman–Crippen LogP) is 2.45. The third kappa shape index (κ3) is 3.47. The van der Waals surface area contributed by atoms with Crippen LogP contribution in [0.1, 0.15) is 0 Å². The molecule has 0 unspecified atom stereocenters. The Morgan fingerprint density at radius 2 is 2.00 bits per heavy atom. The molecule has 0 fully saturated rings. The molecule has 0 radical (unpaired) electrons. The van der Waals surface area contributed by atoms with E-state index in [1.54, 1.807) is 0 Å². The lowest BCUT2D eigenvalue weighted by Gasteiger charge is -2.06. The van der Waals surface area contributed by atoms with Gasteiger partial charge in [0.05, 0.1) is 22.1 Å². The lowest BCUT2D eigenvalue weighted by molar-refractivity contribution is -0.385. The number of ether oxygens (including phenoxy) is 2. The van der Waals surface area contributed by atoms with Crippen LogP contribution >= 0.6 is 23.2 Å². The van der Waals surface area contributed by atoms with Crippen LogP contribution in [0.25, 0.3) is 0 Å². The second-order valence-electron chi connectivity index (χ2n) is 2.86. The first kappa shape index (κ1) is 13.5. The van der Waals surface area contributed by atoms with Crippen molar-refractivity contribution < 1.29 is 19.2 Å². The monoisotopic (exact) mass is 279 g/mol. The first-order chi connectivity index (χ1) is 7.95. The normalized spacial score (nSPS) is 9.82. The van der Waals surface area contributed by atoms with Crippen LogP contribution in [0.5, 0.6) is 5.75 Å². The number of carbonyl (C=O) groups is 1. The molecule has 1 rings (SSSR count). The summed E-state index contributed by atoms with van der Waals surface area (Å²) in [6.45, 7) is -0.449. The highest BCUT2D eigenvalue weighted by molar-refractivity contribution is 6.42. The predicted molar refractivity (Wildman–Crippen MR) is 60.6 cm³/mol. The summed E-state index contributed by atoms with van der Waals surface area (Å²) in [5, 5.41) is 10.8. The number of nitrogens with zero attached hydrogens (tertiary/aromatic N) is 1. The fraction of sp³-hybridized carbons (Fsp3) is 0.222. The van der Waals surface area contributed by atoms with E-state index in [1.165, 1.54) is 13.2 Å². The standard InChI is InChI=1S/C9H7Cl2NO5/c1-16-9(13)4-17-8-3-6(11)5(10)2-7(8)12(14)15/h2-3H,4H2,1H3. The first-order valence-corrected chi connectivity index (χ1v) is 5.04. The molecule has 0 N–H and O–H groups in total. The van der Waals surface area contributed by atoms with Gasteiger partial charge >= 0.3 is 11.7 Å². The summed E-state index contributed by atoms with van der Waals surface area (Å²) in [5.74, 6) is -0.805. The van der Waals surface area contributed by atoms with E-state index < -0.39 is 17.5 Å². The summed E-state index contributed by atoms with van der Waals surface area (Å²) < 4.78 is 9.26. The minimum Gasteiger partial charge on any atom is -0.475 e. The maximum Gasteiger partial charge on any atom is 0.343 e. The highest BCUT2D eigenvalue weighted by atomic mass is 35.5. The molecular weight excluding hydrogens is 273 g/mol. The molecule has 0 aliphatic rings. The molecule has 17 heavy (non-hydrogen) atoms. The van der Waals surface area contributed by atoms with E-state index in [0.717, 1.165) is 6.07 Å². The van der Waals surface area contributed by atoms with Crippen LogP contribution in [0, 0.1) is 10.1 Å². The van der Waals surface area contributed by atoms with Crippen molar-refractivity contribution in [1.82, 2.24) is 0 Å². The SMILES string of the molecule is COC(=O)COc1cc(Cl)c(Cl)cc1[N+](=O)[O-]. The number of carbonyl (C=O) groups excluding carboxylic acids is 1. The van der Waals surface area contributed by atoms with Crippen LogP contribution in [0.3, 0.4) is 0 Å². The Kier molecular flexibility index (Phi) is 4.53. The van der Waals surface area contributed by atoms with Crippen molar-refractivity contribution in [3.63, 3.8) is 0 Å². The summed E-state index contributed by atoms with van der Waals surface area (Å²) >= 11 is 11.3. The van der Waals surface area contributed by atoms with Crippen LogP contribution in [0.2, 0.25) is 10.0 Å². The topological polar surface area (TPSA) is 78.7 Å². The quantitative estimate of drug-likeness (QED) is 0.481. The van der Waals surface area contributed by atoms with Gasteiger partial charge in [-0.1, -0.05) is 23.2 Å². The van der Waals surface area contributed by atoms with Crippen molar-refractivity contribution in [3.8, 4) is 5.75 Å². The van der Waals surface area contributed by atoms with E-state index in [9.17, 15) is 14.9 Å². The van der Waals surface area contributed by atoms with Gasteiger partial charge in [0, 0.05) is 12.1 Å². The zero-order valence-corrected chi connectivity index (χ0v) is 10.1. The molecule has 1 aromatic carbocycles. The van der Waals surface area contributed by atoms with E-state index in [-0.39, 0.29) is 21.5 Å². The Morgan fingerprint density at radius 1 is 1.41 bits per heavy atom. The molecular formula is C9H7Cl2NO5. The number of esters is 1. The summed E-state index contributed by atoms with van der Waals surface area (Å²) in [6, 6.07) is 2.22. The van der Waals surface area contributed by atoms with Crippen molar-refractivity contribution in [2.24, 2.45) is 0 Å². The Morgan fingerprint density at radius 3 is 2.53 bits per heavy atom. The molecule has 1 aromatic rings. The van der Waals surface area contributed by atoms with Gasteiger partial charge in [0.1, 0.15) is 0 Å². The average Bonchev–Trinajstić information content (AvgIpc) is 2.29. The number of halogens is 2. The Balaban J connectivity index is 3.00. The highest BCUT2D eigenvalue weighted by Gasteiger charge is 2.19. The number of hydrogen-bond donors (Lipinski definition) is 0. The van der Waals surface area contributed by atoms with Gasteiger partial charge < -0.3 is 9.47 Å². The van der Waals surface area contributed by atoms with Crippen LogP contribution in [-0.4, -0.2) is 24.6 Å². The van der Waals surface area contributed by atoms with Crippen LogP contribution in [0.15, 0.2) is 12.1 Å². The Bertz CT molecular complexity index is 463. The molecule has 0 amide bonds. The molecule has 0 saturated carbocycles. The molecule has 0 aliphatic carbocycles. The van der Waals surface area contributed by atoms with E-state index in [2.05, 4.69) is 4.74 Å². The summed E-state index contributed by atoms with van der Waals surface area (Å²) in [5.41, 5.74) is -0.372. The van der Waals surface area contributed by atoms with Gasteiger partial charge in [-0.3, -0.25) is 10.1 Å². The van der Waals surface area contributed by atoms with Crippen molar-refractivity contribution in [2.75, 3.05) is 13.7 Å². The summed E-state index contributed by atoms with van der Waals surface area (Å²) in [6.07, 6.45) is 0. The van der Waals surface area contributed by atoms with Gasteiger partial charge in [0.15, 0.2) is 12.4 Å². The van der Waals surface area contributed by atoms with Crippen molar-refractivity contribution in [2.45, 2.75) is 0 Å². The van der Waals surface area contributed by atoms with Crippen LogP contribution in [-0.2, 0) is 9.53 Å². The van der Waals surface area contributed by atoms with Crippen molar-refractivity contribution >= 4 is 34.9 Å². The number of nitro groups is 1. The van der Waals surface area contributed by atoms with Gasteiger partial charge in [-0.25, -0.2) is 4.79 Å². The highest BCUT2D eigenvalue weighted by Crippen LogP contribution is 2.35. The van der Waals surface area contributed by atoms with Gasteiger partial charge in [-0.05, 0) is 0 Å². The van der Waals surface area contributed by atoms with Crippen LogP contribution < -0.4 is 4.74 Å². The Hall–Kier alpha value is -1.53. The van der Waals surface area contributed by atoms with Gasteiger partial charge in [0.25, 0.3) is 0 Å². The molecule has 0 saturated heterocycles. The van der Waals surface area contributed by atoms with E-state index in [1.807, 2.05) is 0 Å². The fourth-order valence-corrected chi connectivity index (χ4v) is 1.28. The molecule has 0 aromatic heterocycles. The zero-order valence-electron chi connectivity index (χ0n) is 8.61. The summed E-state index contributed by atoms with van der Waals surface area (Å²) in [7, 11) is 1.18. The lowest BCUT2D eigenvalue weighted by atomic mass is 10.3. The third-order valence-electron chi connectivity index (χ3n) is 1.77. The van der Waals surface area contributed by atoms with E-state index >= 15 is 0 Å². The second-order valence-corrected chi connectivity index (χ2v) is 3.67. The number of benzene rings is 1. The molecule has 0 spiro atoms. The smallest absolute Gasteiger partial charge is 0.343 e. The maximum atomic E-state index is 10.8. The van der Waals surface area contributed by atoms with Gasteiger partial charge in [-0.15, -0.1) is 0 Å². The molecule has 0 bridgehead atoms. The number of hydrogen-bond acceptors (Lipinski definition) is 5. The largest absolute Gasteiger partial charge is 0.475 e. The molecule has 0 atom stereocenters. The summed E-state index contributed by atoms with van der Waals surface area (Å²) in [4.78, 5) is 20.9. The van der Waals surface area contributed by atoms with E-state index in [4.69, 9.17) is 27.9 Å². The molecule has 92 valence electrons. The number of nitro benzene ring substituents is 1. The number of methoxy groups -OCH3 is 1. The first-order valence-electron chi connectivity index (χ1n) is 4.28. The van der Waals surface area contributed by atoms with Crippen molar-refractivity contribution in [1.29, 1.82) is 0 Å². The minimum absolute atomic E-state index is 0.0313. The number of rotatable bonds is 4. The average molecular weight is 280 g/mol. The minimum atomic E-state index is -0.686. The molecule has 0 aliphatic heterocycles. The van der Waals surface area contributed by atoms with Gasteiger partial charge in [0.2, 0.25) is 0 Å².